The van der Waals surface area contributed by atoms with Gasteiger partial charge >= 0.3 is 5.69 Å². The monoisotopic (exact) mass is 293 g/mol. The zero-order valence-electron chi connectivity index (χ0n) is 11.6. The van der Waals surface area contributed by atoms with Gasteiger partial charge < -0.3 is 4.74 Å². The molecule has 0 aromatic heterocycles. The van der Waals surface area contributed by atoms with Crippen LogP contribution in [0.4, 0.5) is 10.1 Å². The summed E-state index contributed by atoms with van der Waals surface area (Å²) in [6.45, 7) is 2.54. The van der Waals surface area contributed by atoms with E-state index in [1.807, 2.05) is 6.92 Å². The Bertz CT molecular complexity index is 587. The molecule has 0 amide bonds. The Labute approximate surface area is 121 Å². The lowest BCUT2D eigenvalue weighted by atomic mass is 10.00. The van der Waals surface area contributed by atoms with Crippen molar-refractivity contribution in [1.29, 1.82) is 5.26 Å². The fraction of sp³-hybridized carbons (Fsp3) is 0.500. The van der Waals surface area contributed by atoms with E-state index in [4.69, 9.17) is 4.74 Å². The molecule has 21 heavy (non-hydrogen) atoms. The molecule has 112 valence electrons. The molecule has 0 spiro atoms. The Morgan fingerprint density at radius 2 is 2.43 bits per heavy atom. The zero-order valence-corrected chi connectivity index (χ0v) is 11.6. The molecule has 7 heteroatoms. The van der Waals surface area contributed by atoms with Crippen LogP contribution in [0.5, 0.6) is 5.75 Å². The van der Waals surface area contributed by atoms with Gasteiger partial charge in [0.2, 0.25) is 5.75 Å². The lowest BCUT2D eigenvalue weighted by Crippen LogP contribution is -2.42. The molecule has 1 N–H and O–H groups in total. The summed E-state index contributed by atoms with van der Waals surface area (Å²) < 4.78 is 19.3. The van der Waals surface area contributed by atoms with Crippen molar-refractivity contribution in [2.45, 2.75) is 37.8 Å². The van der Waals surface area contributed by atoms with Crippen LogP contribution in [0.2, 0.25) is 0 Å². The molecule has 0 saturated heterocycles. The third-order valence-electron chi connectivity index (χ3n) is 3.63. The topological polar surface area (TPSA) is 88.2 Å². The average molecular weight is 293 g/mol. The first-order valence-corrected chi connectivity index (χ1v) is 6.77. The molecule has 1 aliphatic carbocycles. The Hall–Kier alpha value is -2.20. The largest absolute Gasteiger partial charge is 0.481 e. The van der Waals surface area contributed by atoms with Gasteiger partial charge in [0, 0.05) is 12.5 Å². The van der Waals surface area contributed by atoms with Crippen molar-refractivity contribution < 1.29 is 14.1 Å². The quantitative estimate of drug-likeness (QED) is 0.665. The Kier molecular flexibility index (Phi) is 4.38. The Morgan fingerprint density at radius 1 is 1.67 bits per heavy atom. The minimum atomic E-state index is -0.762. The second-order valence-corrected chi connectivity index (χ2v) is 5.05. The van der Waals surface area contributed by atoms with Crippen molar-refractivity contribution >= 4 is 5.69 Å². The second-order valence-electron chi connectivity index (χ2n) is 5.05. The number of nitrogens with zero attached hydrogens (tertiary/aromatic N) is 2. The summed E-state index contributed by atoms with van der Waals surface area (Å²) in [7, 11) is 0. The van der Waals surface area contributed by atoms with Gasteiger partial charge in [-0.05, 0) is 25.5 Å². The maximum absolute atomic E-state index is 13.8. The second kappa shape index (κ2) is 6.06. The predicted molar refractivity (Wildman–Crippen MR) is 73.3 cm³/mol. The number of rotatable bonds is 5. The van der Waals surface area contributed by atoms with Crippen LogP contribution in [0.25, 0.3) is 0 Å². The van der Waals surface area contributed by atoms with Crippen LogP contribution in [0.1, 0.15) is 26.2 Å². The van der Waals surface area contributed by atoms with E-state index in [2.05, 4.69) is 11.4 Å². The molecule has 0 aliphatic heterocycles. The van der Waals surface area contributed by atoms with Crippen LogP contribution < -0.4 is 10.1 Å². The molecule has 2 rings (SSSR count). The summed E-state index contributed by atoms with van der Waals surface area (Å²) in [5.74, 6) is -1.11. The van der Waals surface area contributed by atoms with Crippen molar-refractivity contribution in [1.82, 2.24) is 5.32 Å². The summed E-state index contributed by atoms with van der Waals surface area (Å²) in [6, 6.07) is 5.83. The van der Waals surface area contributed by atoms with Crippen molar-refractivity contribution in [3.05, 3.63) is 34.1 Å². The van der Waals surface area contributed by atoms with E-state index in [0.717, 1.165) is 6.07 Å². The molecule has 6 nitrogen and oxygen atoms in total. The molecule has 0 radical (unpaired) electrons. The summed E-state index contributed by atoms with van der Waals surface area (Å²) in [4.78, 5) is 10.3. The number of nitro groups is 1. The highest BCUT2D eigenvalue weighted by molar-refractivity contribution is 5.47. The SMILES string of the molecule is CCNC1(C#N)CCC(Oc2c(F)cccc2[N+](=O)[O-])C1. The van der Waals surface area contributed by atoms with Crippen molar-refractivity contribution in [3.63, 3.8) is 0 Å². The van der Waals surface area contributed by atoms with Crippen LogP contribution in [-0.4, -0.2) is 23.1 Å². The lowest BCUT2D eigenvalue weighted by Gasteiger charge is -2.21. The van der Waals surface area contributed by atoms with Gasteiger partial charge in [-0.1, -0.05) is 13.0 Å². The van der Waals surface area contributed by atoms with Gasteiger partial charge in [-0.25, -0.2) is 4.39 Å². The number of para-hydroxylation sites is 1. The fourth-order valence-corrected chi connectivity index (χ4v) is 2.67. The molecule has 1 aromatic rings. The number of halogens is 1. The van der Waals surface area contributed by atoms with Gasteiger partial charge in [0.05, 0.1) is 11.0 Å². The smallest absolute Gasteiger partial charge is 0.314 e. The number of nitro benzene ring substituents is 1. The third-order valence-corrected chi connectivity index (χ3v) is 3.63. The van der Waals surface area contributed by atoms with E-state index < -0.39 is 28.1 Å². The maximum atomic E-state index is 13.8. The van der Waals surface area contributed by atoms with Crippen LogP contribution in [0, 0.1) is 27.3 Å². The first-order chi connectivity index (χ1) is 10.0. The fourth-order valence-electron chi connectivity index (χ4n) is 2.67. The minimum absolute atomic E-state index is 0.349. The lowest BCUT2D eigenvalue weighted by molar-refractivity contribution is -0.386. The van der Waals surface area contributed by atoms with E-state index in [-0.39, 0.29) is 5.75 Å². The summed E-state index contributed by atoms with van der Waals surface area (Å²) >= 11 is 0. The molecule has 0 bridgehead atoms. The van der Waals surface area contributed by atoms with Crippen LogP contribution in [0.3, 0.4) is 0 Å². The van der Waals surface area contributed by atoms with Gasteiger partial charge in [-0.2, -0.15) is 5.26 Å². The molecule has 1 aliphatic rings. The predicted octanol–water partition coefficient (Wildman–Crippen LogP) is 2.54. The van der Waals surface area contributed by atoms with E-state index in [1.165, 1.54) is 12.1 Å². The van der Waals surface area contributed by atoms with E-state index in [9.17, 15) is 19.8 Å². The first kappa shape index (κ1) is 15.2. The van der Waals surface area contributed by atoms with E-state index in [1.54, 1.807) is 0 Å². The molecular formula is C14H16FN3O3. The van der Waals surface area contributed by atoms with Crippen LogP contribution in [0.15, 0.2) is 18.2 Å². The van der Waals surface area contributed by atoms with Crippen molar-refractivity contribution in [3.8, 4) is 11.8 Å². The molecule has 0 heterocycles. The highest BCUT2D eigenvalue weighted by Crippen LogP contribution is 2.36. The number of benzene rings is 1. The highest BCUT2D eigenvalue weighted by atomic mass is 19.1. The van der Waals surface area contributed by atoms with Gasteiger partial charge in [0.25, 0.3) is 0 Å². The molecule has 2 atom stereocenters. The molecule has 1 saturated carbocycles. The van der Waals surface area contributed by atoms with Gasteiger partial charge in [-0.3, -0.25) is 15.4 Å². The molecule has 1 fully saturated rings. The third kappa shape index (κ3) is 3.11. The number of nitriles is 1. The summed E-state index contributed by atoms with van der Waals surface area (Å²) in [5.41, 5.74) is -1.09. The van der Waals surface area contributed by atoms with E-state index >= 15 is 0 Å². The Balaban J connectivity index is 2.18. The number of hydrogen-bond donors (Lipinski definition) is 1. The zero-order chi connectivity index (χ0) is 15.5. The summed E-state index contributed by atoms with van der Waals surface area (Å²) in [6.07, 6.45) is 1.08. The van der Waals surface area contributed by atoms with Crippen molar-refractivity contribution in [2.24, 2.45) is 0 Å². The number of hydrogen-bond acceptors (Lipinski definition) is 5. The molecule has 1 aromatic carbocycles. The van der Waals surface area contributed by atoms with Gasteiger partial charge in [-0.15, -0.1) is 0 Å². The minimum Gasteiger partial charge on any atom is -0.481 e. The first-order valence-electron chi connectivity index (χ1n) is 6.77. The van der Waals surface area contributed by atoms with Gasteiger partial charge in [0.1, 0.15) is 11.6 Å². The average Bonchev–Trinajstić information content (AvgIpc) is 2.85. The standard InChI is InChI=1S/C14H16FN3O3/c1-2-17-14(9-16)7-6-10(8-14)21-13-11(15)4-3-5-12(13)18(19)20/h3-5,10,17H,2,6-8H2,1H3. The summed E-state index contributed by atoms with van der Waals surface area (Å²) in [5, 5.41) is 23.3. The highest BCUT2D eigenvalue weighted by Gasteiger charge is 2.40. The van der Waals surface area contributed by atoms with Crippen LogP contribution >= 0.6 is 0 Å². The number of ether oxygens (including phenoxy) is 1. The maximum Gasteiger partial charge on any atom is 0.314 e. The van der Waals surface area contributed by atoms with Crippen molar-refractivity contribution in [2.75, 3.05) is 6.54 Å². The van der Waals surface area contributed by atoms with Crippen LogP contribution in [-0.2, 0) is 0 Å². The molecular weight excluding hydrogens is 277 g/mol. The normalized spacial score (nSPS) is 24.5. The number of nitrogens with one attached hydrogen (secondary N) is 1. The van der Waals surface area contributed by atoms with Gasteiger partial charge in [0.15, 0.2) is 5.82 Å². The Morgan fingerprint density at radius 3 is 3.05 bits per heavy atom. The van der Waals surface area contributed by atoms with E-state index in [0.29, 0.717) is 25.8 Å². The molecule has 2 unspecified atom stereocenters.